The Hall–Kier alpha value is -2.53. The Kier molecular flexibility index (Phi) is 4.35. The molecular weight excluding hydrogens is 387 g/mol. The van der Waals surface area contributed by atoms with Crippen molar-refractivity contribution in [2.24, 2.45) is 5.92 Å². The second-order valence-electron chi connectivity index (χ2n) is 6.38. The predicted molar refractivity (Wildman–Crippen MR) is 102 cm³/mol. The van der Waals surface area contributed by atoms with Crippen LogP contribution in [-0.4, -0.2) is 22.5 Å². The number of aliphatic hydroxyl groups is 1. The van der Waals surface area contributed by atoms with Gasteiger partial charge >= 0.3 is 0 Å². The minimum Gasteiger partial charge on any atom is -0.387 e. The maximum absolute atomic E-state index is 12.5. The SMILES string of the molecule is O=C1/C(=C/C=C/C2C(=O)c3ccc(Cl)cc3C2O)C(=O)c2cc(Cl)ccc21. The summed E-state index contributed by atoms with van der Waals surface area (Å²) in [5.74, 6) is -1.82. The van der Waals surface area contributed by atoms with E-state index in [4.69, 9.17) is 23.2 Å². The highest BCUT2D eigenvalue weighted by Gasteiger charge is 2.37. The molecule has 0 amide bonds. The van der Waals surface area contributed by atoms with Crippen LogP contribution in [0, 0.1) is 5.92 Å². The molecule has 0 bridgehead atoms. The second kappa shape index (κ2) is 6.57. The fourth-order valence-corrected chi connectivity index (χ4v) is 3.78. The van der Waals surface area contributed by atoms with E-state index in [2.05, 4.69) is 0 Å². The molecule has 2 aliphatic rings. The van der Waals surface area contributed by atoms with Gasteiger partial charge in [0.05, 0.1) is 17.6 Å². The number of carbonyl (C=O) groups excluding carboxylic acids is 3. The van der Waals surface area contributed by atoms with E-state index in [0.717, 1.165) is 0 Å². The van der Waals surface area contributed by atoms with Gasteiger partial charge in [-0.2, -0.15) is 0 Å². The highest BCUT2D eigenvalue weighted by molar-refractivity contribution is 6.40. The number of hydrogen-bond acceptors (Lipinski definition) is 4. The van der Waals surface area contributed by atoms with Crippen LogP contribution in [0.5, 0.6) is 0 Å². The van der Waals surface area contributed by atoms with Crippen LogP contribution in [0.2, 0.25) is 10.0 Å². The summed E-state index contributed by atoms with van der Waals surface area (Å²) in [4.78, 5) is 37.3. The van der Waals surface area contributed by atoms with Gasteiger partial charge in [0.2, 0.25) is 0 Å². The minimum atomic E-state index is -1.02. The summed E-state index contributed by atoms with van der Waals surface area (Å²) in [5.41, 5.74) is 1.48. The average molecular weight is 399 g/mol. The molecule has 1 N–H and O–H groups in total. The van der Waals surface area contributed by atoms with Crippen molar-refractivity contribution < 1.29 is 19.5 Å². The first-order chi connectivity index (χ1) is 12.9. The molecule has 134 valence electrons. The summed E-state index contributed by atoms with van der Waals surface area (Å²) < 4.78 is 0. The van der Waals surface area contributed by atoms with Gasteiger partial charge in [-0.1, -0.05) is 35.4 Å². The third-order valence-electron chi connectivity index (χ3n) is 4.78. The molecule has 0 spiro atoms. The molecule has 2 atom stereocenters. The zero-order valence-corrected chi connectivity index (χ0v) is 15.3. The highest BCUT2D eigenvalue weighted by atomic mass is 35.5. The lowest BCUT2D eigenvalue weighted by atomic mass is 10.0. The standard InChI is InChI=1S/C21H12Cl2O4/c22-10-4-6-12-16(8-10)20(26)14(18(12)24)2-1-3-15-19(25)13-7-5-11(23)9-17(13)21(15)27/h1-9,14,20,26H/b2-1+,15-3-. The van der Waals surface area contributed by atoms with E-state index in [9.17, 15) is 19.5 Å². The third kappa shape index (κ3) is 2.86. The summed E-state index contributed by atoms with van der Waals surface area (Å²) in [5, 5.41) is 11.2. The van der Waals surface area contributed by atoms with Gasteiger partial charge in [-0.15, -0.1) is 0 Å². The predicted octanol–water partition coefficient (Wildman–Crippen LogP) is 4.40. The fraction of sp³-hybridized carbons (Fsp3) is 0.0952. The fourth-order valence-electron chi connectivity index (χ4n) is 3.43. The van der Waals surface area contributed by atoms with Crippen LogP contribution in [0.25, 0.3) is 0 Å². The average Bonchev–Trinajstić information content (AvgIpc) is 3.01. The van der Waals surface area contributed by atoms with Crippen molar-refractivity contribution in [3.63, 3.8) is 0 Å². The number of benzene rings is 2. The summed E-state index contributed by atoms with van der Waals surface area (Å²) in [6.07, 6.45) is 3.29. The Morgan fingerprint density at radius 3 is 2.22 bits per heavy atom. The van der Waals surface area contributed by atoms with Gasteiger partial charge in [0.25, 0.3) is 0 Å². The molecule has 2 aliphatic carbocycles. The normalized spacial score (nSPS) is 22.8. The molecular formula is C21H12Cl2O4. The van der Waals surface area contributed by atoms with E-state index in [1.165, 1.54) is 30.4 Å². The molecule has 0 fully saturated rings. The maximum Gasteiger partial charge on any atom is 0.197 e. The Labute approximate surface area is 164 Å². The Morgan fingerprint density at radius 1 is 0.852 bits per heavy atom. The molecule has 0 heterocycles. The Balaban J connectivity index is 1.61. The van der Waals surface area contributed by atoms with Gasteiger partial charge in [-0.25, -0.2) is 0 Å². The number of aliphatic hydroxyl groups excluding tert-OH is 1. The number of allylic oxidation sites excluding steroid dienone is 3. The van der Waals surface area contributed by atoms with E-state index in [1.807, 2.05) is 0 Å². The largest absolute Gasteiger partial charge is 0.387 e. The van der Waals surface area contributed by atoms with E-state index < -0.39 is 17.8 Å². The van der Waals surface area contributed by atoms with Gasteiger partial charge in [0.15, 0.2) is 17.3 Å². The lowest BCUT2D eigenvalue weighted by Gasteiger charge is -2.08. The molecule has 2 unspecified atom stereocenters. The molecule has 4 rings (SSSR count). The summed E-state index contributed by atoms with van der Waals surface area (Å²) in [7, 11) is 0. The van der Waals surface area contributed by atoms with Crippen molar-refractivity contribution in [2.45, 2.75) is 6.10 Å². The Morgan fingerprint density at radius 2 is 1.48 bits per heavy atom. The van der Waals surface area contributed by atoms with Crippen molar-refractivity contribution in [3.8, 4) is 0 Å². The molecule has 2 aromatic carbocycles. The van der Waals surface area contributed by atoms with Crippen LogP contribution in [-0.2, 0) is 0 Å². The smallest absolute Gasteiger partial charge is 0.197 e. The monoisotopic (exact) mass is 398 g/mol. The van der Waals surface area contributed by atoms with Gasteiger partial charge in [0.1, 0.15) is 0 Å². The van der Waals surface area contributed by atoms with Crippen LogP contribution in [0.15, 0.2) is 60.2 Å². The molecule has 0 aliphatic heterocycles. The van der Waals surface area contributed by atoms with Crippen LogP contribution in [0.4, 0.5) is 0 Å². The molecule has 27 heavy (non-hydrogen) atoms. The molecule has 4 nitrogen and oxygen atoms in total. The topological polar surface area (TPSA) is 71.4 Å². The van der Waals surface area contributed by atoms with Crippen LogP contribution in [0.3, 0.4) is 0 Å². The molecule has 6 heteroatoms. The van der Waals surface area contributed by atoms with Gasteiger partial charge in [-0.05, 0) is 48.0 Å². The van der Waals surface area contributed by atoms with Crippen LogP contribution in [0.1, 0.15) is 42.7 Å². The van der Waals surface area contributed by atoms with E-state index in [0.29, 0.717) is 26.7 Å². The molecule has 2 aromatic rings. The number of ketones is 3. The van der Waals surface area contributed by atoms with Crippen molar-refractivity contribution in [1.29, 1.82) is 0 Å². The highest BCUT2D eigenvalue weighted by Crippen LogP contribution is 2.38. The third-order valence-corrected chi connectivity index (χ3v) is 5.25. The first kappa shape index (κ1) is 17.9. The van der Waals surface area contributed by atoms with E-state index in [1.54, 1.807) is 24.3 Å². The zero-order valence-electron chi connectivity index (χ0n) is 13.8. The number of rotatable bonds is 2. The first-order valence-corrected chi connectivity index (χ1v) is 8.93. The Bertz CT molecular complexity index is 1080. The molecule has 0 aromatic heterocycles. The first-order valence-electron chi connectivity index (χ1n) is 8.17. The van der Waals surface area contributed by atoms with Crippen molar-refractivity contribution in [2.75, 3.05) is 0 Å². The number of hydrogen-bond donors (Lipinski definition) is 1. The van der Waals surface area contributed by atoms with E-state index in [-0.39, 0.29) is 22.7 Å². The van der Waals surface area contributed by atoms with E-state index >= 15 is 0 Å². The van der Waals surface area contributed by atoms with Crippen molar-refractivity contribution in [1.82, 2.24) is 0 Å². The number of Topliss-reactive ketones (excluding diaryl/α,β-unsaturated/α-hetero) is 3. The van der Waals surface area contributed by atoms with Crippen molar-refractivity contribution in [3.05, 3.63) is 92.5 Å². The molecule has 0 saturated carbocycles. The van der Waals surface area contributed by atoms with Gasteiger partial charge < -0.3 is 5.11 Å². The number of halogens is 2. The summed E-state index contributed by atoms with van der Waals surface area (Å²) in [6, 6.07) is 9.28. The number of fused-ring (bicyclic) bond motifs is 2. The minimum absolute atomic E-state index is 0.00371. The zero-order chi connectivity index (χ0) is 19.3. The van der Waals surface area contributed by atoms with Gasteiger partial charge in [-0.3, -0.25) is 14.4 Å². The quantitative estimate of drug-likeness (QED) is 0.600. The molecule has 0 saturated heterocycles. The van der Waals surface area contributed by atoms with Crippen molar-refractivity contribution >= 4 is 40.6 Å². The second-order valence-corrected chi connectivity index (χ2v) is 7.25. The number of carbonyl (C=O) groups is 3. The summed E-state index contributed by atoms with van der Waals surface area (Å²) >= 11 is 11.8. The summed E-state index contributed by atoms with van der Waals surface area (Å²) in [6.45, 7) is 0. The van der Waals surface area contributed by atoms with Gasteiger partial charge in [0, 0.05) is 26.7 Å². The lowest BCUT2D eigenvalue weighted by molar-refractivity contribution is 0.0833. The lowest BCUT2D eigenvalue weighted by Crippen LogP contribution is -2.10. The maximum atomic E-state index is 12.5. The van der Waals surface area contributed by atoms with Crippen LogP contribution >= 0.6 is 23.2 Å². The van der Waals surface area contributed by atoms with Crippen LogP contribution < -0.4 is 0 Å². The molecule has 0 radical (unpaired) electrons.